The van der Waals surface area contributed by atoms with Crippen molar-refractivity contribution < 1.29 is 14.7 Å². The molecule has 0 radical (unpaired) electrons. The fourth-order valence-corrected chi connectivity index (χ4v) is 1.82. The quantitative estimate of drug-likeness (QED) is 0.873. The van der Waals surface area contributed by atoms with Gasteiger partial charge in [-0.15, -0.1) is 0 Å². The summed E-state index contributed by atoms with van der Waals surface area (Å²) in [7, 11) is 0. The van der Waals surface area contributed by atoms with Crippen LogP contribution in [0.25, 0.3) is 0 Å². The van der Waals surface area contributed by atoms with E-state index in [2.05, 4.69) is 21.2 Å². The van der Waals surface area contributed by atoms with Crippen molar-refractivity contribution in [1.82, 2.24) is 5.32 Å². The Morgan fingerprint density at radius 1 is 1.32 bits per heavy atom. The van der Waals surface area contributed by atoms with Gasteiger partial charge < -0.3 is 10.4 Å². The Hall–Kier alpha value is -1.36. The molecule has 4 nitrogen and oxygen atoms in total. The minimum atomic E-state index is -0.915. The van der Waals surface area contributed by atoms with Gasteiger partial charge in [0, 0.05) is 11.0 Å². The largest absolute Gasteiger partial charge is 0.481 e. The summed E-state index contributed by atoms with van der Waals surface area (Å²) in [6.45, 7) is 5.33. The fourth-order valence-electron chi connectivity index (χ4n) is 1.55. The lowest BCUT2D eigenvalue weighted by Gasteiger charge is -2.24. The number of rotatable bonds is 5. The zero-order chi connectivity index (χ0) is 14.6. The third-order valence-corrected chi connectivity index (χ3v) is 3.65. The molecule has 0 aliphatic carbocycles. The molecule has 104 valence electrons. The summed E-state index contributed by atoms with van der Waals surface area (Å²) in [5, 5.41) is 11.5. The van der Waals surface area contributed by atoms with Crippen molar-refractivity contribution in [3.05, 3.63) is 34.3 Å². The van der Waals surface area contributed by atoms with Crippen LogP contribution in [0.15, 0.2) is 28.7 Å². The van der Waals surface area contributed by atoms with Crippen molar-refractivity contribution in [2.75, 3.05) is 6.54 Å². The predicted octanol–water partition coefficient (Wildman–Crippen LogP) is 2.56. The summed E-state index contributed by atoms with van der Waals surface area (Å²) >= 11 is 3.35. The Kier molecular flexibility index (Phi) is 5.11. The summed E-state index contributed by atoms with van der Waals surface area (Å²) < 4.78 is 0.951. The van der Waals surface area contributed by atoms with Crippen LogP contribution >= 0.6 is 15.9 Å². The number of halogens is 1. The number of carboxylic acids is 1. The minimum absolute atomic E-state index is 0.133. The summed E-state index contributed by atoms with van der Waals surface area (Å²) in [5.74, 6) is -1.69. The normalized spacial score (nSPS) is 12.8. The molecule has 5 heteroatoms. The van der Waals surface area contributed by atoms with Crippen LogP contribution in [0.3, 0.4) is 0 Å². The second-order valence-corrected chi connectivity index (χ2v) is 6.00. The molecule has 2 N–H and O–H groups in total. The van der Waals surface area contributed by atoms with E-state index < -0.39 is 17.3 Å². The molecule has 0 unspecified atom stereocenters. The van der Waals surface area contributed by atoms with Crippen LogP contribution in [0.4, 0.5) is 0 Å². The first kappa shape index (κ1) is 15.7. The Morgan fingerprint density at radius 3 is 2.32 bits per heavy atom. The molecule has 0 aromatic heterocycles. The van der Waals surface area contributed by atoms with Gasteiger partial charge in [0.15, 0.2) is 0 Å². The van der Waals surface area contributed by atoms with Crippen molar-refractivity contribution in [2.45, 2.75) is 26.2 Å². The number of benzene rings is 1. The maximum atomic E-state index is 12.2. The number of carbonyl (C=O) groups excluding carboxylic acids is 1. The topological polar surface area (TPSA) is 66.4 Å². The van der Waals surface area contributed by atoms with Crippen LogP contribution < -0.4 is 5.32 Å². The van der Waals surface area contributed by atoms with Gasteiger partial charge in [0.25, 0.3) is 0 Å². The molecule has 1 aromatic carbocycles. The van der Waals surface area contributed by atoms with Crippen LogP contribution in [0.5, 0.6) is 0 Å². The molecule has 0 fully saturated rings. The average molecular weight is 328 g/mol. The average Bonchev–Trinajstić information content (AvgIpc) is 2.35. The number of hydrogen-bond acceptors (Lipinski definition) is 2. The fraction of sp³-hybridized carbons (Fsp3) is 0.429. The van der Waals surface area contributed by atoms with Gasteiger partial charge in [0.05, 0.1) is 11.3 Å². The SMILES string of the molecule is C[C@H](CNC(=O)C(C)(C)c1ccc(Br)cc1)C(=O)O. The van der Waals surface area contributed by atoms with Gasteiger partial charge in [-0.3, -0.25) is 9.59 Å². The van der Waals surface area contributed by atoms with E-state index in [4.69, 9.17) is 5.11 Å². The van der Waals surface area contributed by atoms with E-state index in [1.165, 1.54) is 0 Å². The second kappa shape index (κ2) is 6.19. The van der Waals surface area contributed by atoms with Crippen LogP contribution in [0, 0.1) is 5.92 Å². The molecule has 0 heterocycles. The number of nitrogens with one attached hydrogen (secondary N) is 1. The zero-order valence-corrected chi connectivity index (χ0v) is 12.8. The molecular weight excluding hydrogens is 310 g/mol. The highest BCUT2D eigenvalue weighted by Crippen LogP contribution is 2.25. The highest BCUT2D eigenvalue weighted by Gasteiger charge is 2.30. The van der Waals surface area contributed by atoms with Gasteiger partial charge in [0.1, 0.15) is 0 Å². The van der Waals surface area contributed by atoms with Crippen molar-refractivity contribution in [2.24, 2.45) is 5.92 Å². The van der Waals surface area contributed by atoms with Gasteiger partial charge in [-0.2, -0.15) is 0 Å². The van der Waals surface area contributed by atoms with Gasteiger partial charge in [0.2, 0.25) is 5.91 Å². The van der Waals surface area contributed by atoms with Crippen molar-refractivity contribution in [1.29, 1.82) is 0 Å². The molecule has 1 aromatic rings. The van der Waals surface area contributed by atoms with Crippen LogP contribution in [0.2, 0.25) is 0 Å². The van der Waals surface area contributed by atoms with Crippen LogP contribution in [-0.4, -0.2) is 23.5 Å². The first-order valence-corrected chi connectivity index (χ1v) is 6.81. The molecular formula is C14H18BrNO3. The van der Waals surface area contributed by atoms with E-state index in [1.54, 1.807) is 6.92 Å². The standard InChI is InChI=1S/C14H18BrNO3/c1-9(12(17)18)8-16-13(19)14(2,3)10-4-6-11(15)7-5-10/h4-7,9H,8H2,1-3H3,(H,16,19)(H,17,18)/t9-/m1/s1. The Labute approximate surface area is 121 Å². The first-order valence-electron chi connectivity index (χ1n) is 6.02. The van der Waals surface area contributed by atoms with Crippen molar-refractivity contribution >= 4 is 27.8 Å². The molecule has 0 aliphatic rings. The van der Waals surface area contributed by atoms with E-state index in [0.29, 0.717) is 0 Å². The molecule has 1 rings (SSSR count). The lowest BCUT2D eigenvalue weighted by Crippen LogP contribution is -2.42. The number of carboxylic acid groups (broad SMARTS) is 1. The number of amides is 1. The second-order valence-electron chi connectivity index (χ2n) is 5.08. The van der Waals surface area contributed by atoms with Gasteiger partial charge in [-0.1, -0.05) is 35.0 Å². The molecule has 1 amide bonds. The lowest BCUT2D eigenvalue weighted by atomic mass is 9.83. The van der Waals surface area contributed by atoms with E-state index in [0.717, 1.165) is 10.0 Å². The van der Waals surface area contributed by atoms with E-state index in [9.17, 15) is 9.59 Å². The summed E-state index contributed by atoms with van der Waals surface area (Å²) in [6, 6.07) is 7.52. The maximum Gasteiger partial charge on any atom is 0.308 e. The van der Waals surface area contributed by atoms with Crippen molar-refractivity contribution in [3.8, 4) is 0 Å². The maximum absolute atomic E-state index is 12.2. The molecule has 0 saturated heterocycles. The van der Waals surface area contributed by atoms with Gasteiger partial charge >= 0.3 is 5.97 Å². The zero-order valence-electron chi connectivity index (χ0n) is 11.2. The Morgan fingerprint density at radius 2 is 1.84 bits per heavy atom. The highest BCUT2D eigenvalue weighted by atomic mass is 79.9. The molecule has 0 aliphatic heterocycles. The molecule has 0 bridgehead atoms. The first-order chi connectivity index (χ1) is 8.75. The highest BCUT2D eigenvalue weighted by molar-refractivity contribution is 9.10. The third-order valence-electron chi connectivity index (χ3n) is 3.12. The number of aliphatic carboxylic acids is 1. The third kappa shape index (κ3) is 4.06. The minimum Gasteiger partial charge on any atom is -0.481 e. The van der Waals surface area contributed by atoms with Gasteiger partial charge in [-0.05, 0) is 31.5 Å². The molecule has 19 heavy (non-hydrogen) atoms. The Bertz CT molecular complexity index is 468. The smallest absolute Gasteiger partial charge is 0.308 e. The van der Waals surface area contributed by atoms with Gasteiger partial charge in [-0.25, -0.2) is 0 Å². The summed E-state index contributed by atoms with van der Waals surface area (Å²) in [4.78, 5) is 22.9. The van der Waals surface area contributed by atoms with E-state index in [1.807, 2.05) is 38.1 Å². The predicted molar refractivity (Wildman–Crippen MR) is 77.0 cm³/mol. The molecule has 0 saturated carbocycles. The summed E-state index contributed by atoms with van der Waals surface area (Å²) in [6.07, 6.45) is 0. The van der Waals surface area contributed by atoms with Crippen LogP contribution in [-0.2, 0) is 15.0 Å². The van der Waals surface area contributed by atoms with Crippen LogP contribution in [0.1, 0.15) is 26.3 Å². The molecule has 0 spiro atoms. The number of hydrogen-bond donors (Lipinski definition) is 2. The van der Waals surface area contributed by atoms with E-state index in [-0.39, 0.29) is 12.5 Å². The Balaban J connectivity index is 2.74. The molecule has 1 atom stereocenters. The lowest BCUT2D eigenvalue weighted by molar-refractivity contribution is -0.141. The number of carbonyl (C=O) groups is 2. The van der Waals surface area contributed by atoms with Crippen molar-refractivity contribution in [3.63, 3.8) is 0 Å². The van der Waals surface area contributed by atoms with E-state index >= 15 is 0 Å². The monoisotopic (exact) mass is 327 g/mol. The summed E-state index contributed by atoms with van der Waals surface area (Å²) in [5.41, 5.74) is 0.190.